The standard InChI is InChI=1S/C18H28N2O/c1-4-14-7-6-8-16(12-14)20-18(21)17-10-9-15(19-5-2)11-13(17)3/h9-11,14,16,19H,4-8,12H2,1-3H3,(H,20,21). The Morgan fingerprint density at radius 2 is 2.10 bits per heavy atom. The van der Waals surface area contributed by atoms with Crippen LogP contribution < -0.4 is 10.6 Å². The summed E-state index contributed by atoms with van der Waals surface area (Å²) >= 11 is 0. The lowest BCUT2D eigenvalue weighted by Crippen LogP contribution is -2.38. The highest BCUT2D eigenvalue weighted by Crippen LogP contribution is 2.27. The molecule has 1 fully saturated rings. The Morgan fingerprint density at radius 1 is 1.29 bits per heavy atom. The number of carbonyl (C=O) groups excluding carboxylic acids is 1. The van der Waals surface area contributed by atoms with Crippen LogP contribution in [0.3, 0.4) is 0 Å². The van der Waals surface area contributed by atoms with E-state index in [1.54, 1.807) is 0 Å². The maximum atomic E-state index is 12.5. The molecule has 2 rings (SSSR count). The maximum absolute atomic E-state index is 12.5. The van der Waals surface area contributed by atoms with Gasteiger partial charge in [-0.2, -0.15) is 0 Å². The second-order valence-corrected chi connectivity index (χ2v) is 6.17. The zero-order chi connectivity index (χ0) is 15.2. The number of nitrogens with one attached hydrogen (secondary N) is 2. The fraction of sp³-hybridized carbons (Fsp3) is 0.611. The number of hydrogen-bond acceptors (Lipinski definition) is 2. The molecule has 1 aromatic rings. The van der Waals surface area contributed by atoms with Crippen LogP contribution in [0.1, 0.15) is 61.9 Å². The molecule has 2 unspecified atom stereocenters. The molecule has 0 aromatic heterocycles. The van der Waals surface area contributed by atoms with Crippen LogP contribution in [-0.4, -0.2) is 18.5 Å². The number of anilines is 1. The lowest BCUT2D eigenvalue weighted by Gasteiger charge is -2.29. The van der Waals surface area contributed by atoms with E-state index in [2.05, 4.69) is 24.5 Å². The molecule has 1 aromatic carbocycles. The third-order valence-corrected chi connectivity index (χ3v) is 4.55. The Kier molecular flexibility index (Phi) is 5.66. The number of benzene rings is 1. The van der Waals surface area contributed by atoms with Gasteiger partial charge in [-0.15, -0.1) is 0 Å². The van der Waals surface area contributed by atoms with Crippen molar-refractivity contribution >= 4 is 11.6 Å². The Morgan fingerprint density at radius 3 is 2.76 bits per heavy atom. The van der Waals surface area contributed by atoms with Crippen molar-refractivity contribution < 1.29 is 4.79 Å². The van der Waals surface area contributed by atoms with E-state index in [9.17, 15) is 4.79 Å². The molecule has 1 aliphatic rings. The fourth-order valence-electron chi connectivity index (χ4n) is 3.29. The van der Waals surface area contributed by atoms with Gasteiger partial charge in [0.15, 0.2) is 0 Å². The van der Waals surface area contributed by atoms with Crippen LogP contribution in [0.25, 0.3) is 0 Å². The topological polar surface area (TPSA) is 41.1 Å². The summed E-state index contributed by atoms with van der Waals surface area (Å²) in [5, 5.41) is 6.51. The first-order valence-electron chi connectivity index (χ1n) is 8.29. The van der Waals surface area contributed by atoms with E-state index in [1.165, 1.54) is 19.3 Å². The van der Waals surface area contributed by atoms with Gasteiger partial charge >= 0.3 is 0 Å². The summed E-state index contributed by atoms with van der Waals surface area (Å²) in [4.78, 5) is 12.5. The Hall–Kier alpha value is -1.51. The Balaban J connectivity index is 1.99. The van der Waals surface area contributed by atoms with Gasteiger partial charge in [-0.1, -0.05) is 26.2 Å². The van der Waals surface area contributed by atoms with Crippen molar-refractivity contribution in [1.82, 2.24) is 5.32 Å². The van der Waals surface area contributed by atoms with Crippen molar-refractivity contribution in [2.45, 2.75) is 58.9 Å². The van der Waals surface area contributed by atoms with Gasteiger partial charge in [-0.25, -0.2) is 0 Å². The first-order chi connectivity index (χ1) is 10.1. The van der Waals surface area contributed by atoms with E-state index < -0.39 is 0 Å². The first kappa shape index (κ1) is 15.9. The number of hydrogen-bond donors (Lipinski definition) is 2. The molecule has 3 nitrogen and oxygen atoms in total. The molecule has 2 atom stereocenters. The minimum Gasteiger partial charge on any atom is -0.385 e. The highest BCUT2D eigenvalue weighted by molar-refractivity contribution is 5.96. The first-order valence-corrected chi connectivity index (χ1v) is 8.29. The molecule has 1 amide bonds. The van der Waals surface area contributed by atoms with Crippen LogP contribution in [0.15, 0.2) is 18.2 Å². The molecule has 0 radical (unpaired) electrons. The summed E-state index contributed by atoms with van der Waals surface area (Å²) in [5.74, 6) is 0.860. The van der Waals surface area contributed by atoms with Gasteiger partial charge in [0.1, 0.15) is 0 Å². The summed E-state index contributed by atoms with van der Waals surface area (Å²) in [6.45, 7) is 7.22. The molecule has 21 heavy (non-hydrogen) atoms. The van der Waals surface area contributed by atoms with Crippen molar-refractivity contribution in [2.24, 2.45) is 5.92 Å². The van der Waals surface area contributed by atoms with E-state index >= 15 is 0 Å². The minimum absolute atomic E-state index is 0.0808. The Labute approximate surface area is 128 Å². The second kappa shape index (κ2) is 7.48. The fourth-order valence-corrected chi connectivity index (χ4v) is 3.29. The number of rotatable bonds is 5. The van der Waals surface area contributed by atoms with Crippen LogP contribution in [0.2, 0.25) is 0 Å². The number of carbonyl (C=O) groups is 1. The van der Waals surface area contributed by atoms with Crippen molar-refractivity contribution in [3.05, 3.63) is 29.3 Å². The average molecular weight is 288 g/mol. The molecule has 0 saturated heterocycles. The van der Waals surface area contributed by atoms with Crippen molar-refractivity contribution in [1.29, 1.82) is 0 Å². The quantitative estimate of drug-likeness (QED) is 0.855. The van der Waals surface area contributed by atoms with Crippen LogP contribution in [-0.2, 0) is 0 Å². The van der Waals surface area contributed by atoms with E-state index in [0.717, 1.165) is 42.1 Å². The van der Waals surface area contributed by atoms with Gasteiger partial charge < -0.3 is 10.6 Å². The predicted octanol–water partition coefficient (Wildman–Crippen LogP) is 4.13. The average Bonchev–Trinajstić information content (AvgIpc) is 2.47. The summed E-state index contributed by atoms with van der Waals surface area (Å²) in [6, 6.07) is 6.32. The van der Waals surface area contributed by atoms with Gasteiger partial charge in [0.25, 0.3) is 5.91 Å². The molecule has 3 heteroatoms. The largest absolute Gasteiger partial charge is 0.385 e. The predicted molar refractivity (Wildman–Crippen MR) is 88.8 cm³/mol. The molecular weight excluding hydrogens is 260 g/mol. The van der Waals surface area contributed by atoms with Gasteiger partial charge in [-0.05, 0) is 56.4 Å². The zero-order valence-corrected chi connectivity index (χ0v) is 13.5. The molecule has 1 saturated carbocycles. The van der Waals surface area contributed by atoms with E-state index in [1.807, 2.05) is 25.1 Å². The van der Waals surface area contributed by atoms with E-state index in [4.69, 9.17) is 0 Å². The summed E-state index contributed by atoms with van der Waals surface area (Å²) in [5.41, 5.74) is 2.92. The molecular formula is C18H28N2O. The van der Waals surface area contributed by atoms with Gasteiger partial charge in [0, 0.05) is 23.8 Å². The SMILES string of the molecule is CCNc1ccc(C(=O)NC2CCCC(CC)C2)c(C)c1. The van der Waals surface area contributed by atoms with E-state index in [-0.39, 0.29) is 5.91 Å². The lowest BCUT2D eigenvalue weighted by molar-refractivity contribution is 0.0918. The third-order valence-electron chi connectivity index (χ3n) is 4.55. The van der Waals surface area contributed by atoms with Gasteiger partial charge in [0.05, 0.1) is 0 Å². The van der Waals surface area contributed by atoms with Crippen LogP contribution in [0.4, 0.5) is 5.69 Å². The van der Waals surface area contributed by atoms with Crippen LogP contribution >= 0.6 is 0 Å². The highest BCUT2D eigenvalue weighted by Gasteiger charge is 2.22. The highest BCUT2D eigenvalue weighted by atomic mass is 16.1. The van der Waals surface area contributed by atoms with Crippen molar-refractivity contribution in [3.8, 4) is 0 Å². The van der Waals surface area contributed by atoms with Crippen molar-refractivity contribution in [3.63, 3.8) is 0 Å². The third kappa shape index (κ3) is 4.23. The number of aryl methyl sites for hydroxylation is 1. The minimum atomic E-state index is 0.0808. The van der Waals surface area contributed by atoms with E-state index in [0.29, 0.717) is 6.04 Å². The smallest absolute Gasteiger partial charge is 0.251 e. The molecule has 2 N–H and O–H groups in total. The molecule has 0 heterocycles. The second-order valence-electron chi connectivity index (χ2n) is 6.17. The van der Waals surface area contributed by atoms with Crippen LogP contribution in [0, 0.1) is 12.8 Å². The van der Waals surface area contributed by atoms with Crippen LogP contribution in [0.5, 0.6) is 0 Å². The molecule has 1 aliphatic carbocycles. The van der Waals surface area contributed by atoms with Gasteiger partial charge in [0.2, 0.25) is 0 Å². The van der Waals surface area contributed by atoms with Crippen molar-refractivity contribution in [2.75, 3.05) is 11.9 Å². The zero-order valence-electron chi connectivity index (χ0n) is 13.5. The molecule has 0 bridgehead atoms. The maximum Gasteiger partial charge on any atom is 0.251 e. The molecule has 0 spiro atoms. The summed E-state index contributed by atoms with van der Waals surface area (Å²) < 4.78 is 0. The Bertz CT molecular complexity index is 484. The monoisotopic (exact) mass is 288 g/mol. The summed E-state index contributed by atoms with van der Waals surface area (Å²) in [7, 11) is 0. The molecule has 0 aliphatic heterocycles. The number of amides is 1. The molecule has 116 valence electrons. The normalized spacial score (nSPS) is 21.9. The summed E-state index contributed by atoms with van der Waals surface area (Å²) in [6.07, 6.45) is 6.04. The van der Waals surface area contributed by atoms with Gasteiger partial charge in [-0.3, -0.25) is 4.79 Å². The lowest BCUT2D eigenvalue weighted by atomic mass is 9.84.